The lowest BCUT2D eigenvalue weighted by Crippen LogP contribution is -2.10. The van der Waals surface area contributed by atoms with Gasteiger partial charge in [0.15, 0.2) is 5.69 Å². The number of hydrogen-bond acceptors (Lipinski definition) is 5. The van der Waals surface area contributed by atoms with E-state index >= 15 is 0 Å². The summed E-state index contributed by atoms with van der Waals surface area (Å²) < 4.78 is 11.9. The second kappa shape index (κ2) is 6.41. The summed E-state index contributed by atoms with van der Waals surface area (Å²) in [5.74, 6) is 0.384. The highest BCUT2D eigenvalue weighted by Gasteiger charge is 2.21. The van der Waals surface area contributed by atoms with E-state index in [0.29, 0.717) is 12.4 Å². The number of nitrogen functional groups attached to an aromatic ring is 1. The highest BCUT2D eigenvalue weighted by molar-refractivity contribution is 5.92. The van der Waals surface area contributed by atoms with Crippen LogP contribution in [0.5, 0.6) is 0 Å². The van der Waals surface area contributed by atoms with Crippen LogP contribution in [0.4, 0.5) is 5.82 Å². The molecular weight excluding hydrogens is 270 g/mol. The Labute approximate surface area is 123 Å². The van der Waals surface area contributed by atoms with Crippen LogP contribution < -0.4 is 5.73 Å². The monoisotopic (exact) mass is 289 g/mol. The number of hydrogen-bond donors (Lipinski definition) is 1. The molecule has 0 fully saturated rings. The molecule has 21 heavy (non-hydrogen) atoms. The molecule has 0 aliphatic heterocycles. The van der Waals surface area contributed by atoms with Crippen LogP contribution in [0.2, 0.25) is 0 Å². The second-order valence-electron chi connectivity index (χ2n) is 4.51. The smallest absolute Gasteiger partial charge is 0.360 e. The van der Waals surface area contributed by atoms with Gasteiger partial charge in [-0.2, -0.15) is 0 Å². The molecule has 1 heterocycles. The van der Waals surface area contributed by atoms with Crippen LogP contribution in [0.25, 0.3) is 5.69 Å². The lowest BCUT2D eigenvalue weighted by atomic mass is 10.2. The number of aryl methyl sites for hydroxylation is 1. The number of methoxy groups -OCH3 is 1. The maximum atomic E-state index is 11.9. The van der Waals surface area contributed by atoms with Gasteiger partial charge in [0.2, 0.25) is 0 Å². The number of anilines is 1. The molecule has 0 aliphatic rings. The SMILES string of the molecule is CCOC(=O)c1nc(C)n(-c2ccccc2COC)c1N. The molecule has 0 amide bonds. The van der Waals surface area contributed by atoms with Crippen LogP contribution >= 0.6 is 0 Å². The molecule has 1 aromatic carbocycles. The number of rotatable bonds is 5. The summed E-state index contributed by atoms with van der Waals surface area (Å²) in [6.45, 7) is 4.26. The minimum absolute atomic E-state index is 0.140. The zero-order valence-corrected chi connectivity index (χ0v) is 12.4. The molecule has 6 heteroatoms. The van der Waals surface area contributed by atoms with Crippen molar-refractivity contribution >= 4 is 11.8 Å². The summed E-state index contributed by atoms with van der Waals surface area (Å²) in [5.41, 5.74) is 8.04. The first-order chi connectivity index (χ1) is 10.1. The Morgan fingerprint density at radius 2 is 2.10 bits per heavy atom. The molecule has 0 bridgehead atoms. The third-order valence-electron chi connectivity index (χ3n) is 3.08. The molecule has 0 unspecified atom stereocenters. The molecule has 0 atom stereocenters. The number of para-hydroxylation sites is 1. The molecule has 0 radical (unpaired) electrons. The van der Waals surface area contributed by atoms with Gasteiger partial charge < -0.3 is 15.2 Å². The Kier molecular flexibility index (Phi) is 4.59. The Balaban J connectivity index is 2.53. The van der Waals surface area contributed by atoms with Crippen molar-refractivity contribution in [1.29, 1.82) is 0 Å². The quantitative estimate of drug-likeness (QED) is 0.852. The maximum absolute atomic E-state index is 11.9. The normalized spacial score (nSPS) is 10.6. The summed E-state index contributed by atoms with van der Waals surface area (Å²) >= 11 is 0. The molecule has 0 spiro atoms. The minimum atomic E-state index is -0.513. The Morgan fingerprint density at radius 3 is 2.76 bits per heavy atom. The molecule has 2 rings (SSSR count). The van der Waals surface area contributed by atoms with Crippen LogP contribution in [0.3, 0.4) is 0 Å². The van der Waals surface area contributed by atoms with E-state index in [0.717, 1.165) is 11.3 Å². The molecular formula is C15H19N3O3. The number of nitrogens with two attached hydrogens (primary N) is 1. The molecule has 2 aromatic rings. The van der Waals surface area contributed by atoms with Gasteiger partial charge in [-0.05, 0) is 19.9 Å². The van der Waals surface area contributed by atoms with Crippen molar-refractivity contribution in [3.8, 4) is 5.69 Å². The van der Waals surface area contributed by atoms with Gasteiger partial charge in [0.05, 0.1) is 18.9 Å². The van der Waals surface area contributed by atoms with Gasteiger partial charge in [-0.1, -0.05) is 18.2 Å². The van der Waals surface area contributed by atoms with E-state index in [2.05, 4.69) is 4.98 Å². The van der Waals surface area contributed by atoms with Crippen molar-refractivity contribution in [1.82, 2.24) is 9.55 Å². The predicted octanol–water partition coefficient (Wildman–Crippen LogP) is 2.09. The Bertz CT molecular complexity index is 650. The number of aromatic nitrogens is 2. The standard InChI is InChI=1S/C15H19N3O3/c1-4-21-15(19)13-14(16)18(10(2)17-13)12-8-6-5-7-11(12)9-20-3/h5-8H,4,9,16H2,1-3H3. The summed E-state index contributed by atoms with van der Waals surface area (Å²) in [6.07, 6.45) is 0. The van der Waals surface area contributed by atoms with E-state index in [9.17, 15) is 4.79 Å². The van der Waals surface area contributed by atoms with Crippen LogP contribution in [-0.2, 0) is 16.1 Å². The fourth-order valence-corrected chi connectivity index (χ4v) is 2.21. The number of benzene rings is 1. The van der Waals surface area contributed by atoms with E-state index in [1.807, 2.05) is 24.3 Å². The van der Waals surface area contributed by atoms with Gasteiger partial charge in [0.1, 0.15) is 11.6 Å². The van der Waals surface area contributed by atoms with E-state index in [-0.39, 0.29) is 18.1 Å². The lowest BCUT2D eigenvalue weighted by Gasteiger charge is -2.12. The predicted molar refractivity (Wildman–Crippen MR) is 79.4 cm³/mol. The largest absolute Gasteiger partial charge is 0.461 e. The average molecular weight is 289 g/mol. The molecule has 0 saturated heterocycles. The zero-order chi connectivity index (χ0) is 15.4. The topological polar surface area (TPSA) is 79.4 Å². The Hall–Kier alpha value is -2.34. The minimum Gasteiger partial charge on any atom is -0.461 e. The van der Waals surface area contributed by atoms with Crippen molar-refractivity contribution in [3.63, 3.8) is 0 Å². The highest BCUT2D eigenvalue weighted by Crippen LogP contribution is 2.24. The highest BCUT2D eigenvalue weighted by atomic mass is 16.5. The fourth-order valence-electron chi connectivity index (χ4n) is 2.21. The molecule has 1 aromatic heterocycles. The van der Waals surface area contributed by atoms with Crippen LogP contribution in [0, 0.1) is 6.92 Å². The zero-order valence-electron chi connectivity index (χ0n) is 12.4. The molecule has 0 saturated carbocycles. The summed E-state index contributed by atoms with van der Waals surface area (Å²) in [7, 11) is 1.63. The number of carbonyl (C=O) groups is 1. The average Bonchev–Trinajstić information content (AvgIpc) is 2.76. The second-order valence-corrected chi connectivity index (χ2v) is 4.51. The van der Waals surface area contributed by atoms with Crippen molar-refractivity contribution in [2.75, 3.05) is 19.5 Å². The Morgan fingerprint density at radius 1 is 1.38 bits per heavy atom. The van der Waals surface area contributed by atoms with Crippen LogP contribution in [0.15, 0.2) is 24.3 Å². The first kappa shape index (κ1) is 15.1. The lowest BCUT2D eigenvalue weighted by molar-refractivity contribution is 0.0521. The maximum Gasteiger partial charge on any atom is 0.360 e. The van der Waals surface area contributed by atoms with E-state index in [1.165, 1.54) is 0 Å². The summed E-state index contributed by atoms with van der Waals surface area (Å²) in [5, 5.41) is 0. The van der Waals surface area contributed by atoms with Gasteiger partial charge in [-0.3, -0.25) is 4.57 Å². The van der Waals surface area contributed by atoms with Crippen molar-refractivity contribution in [2.45, 2.75) is 20.5 Å². The van der Waals surface area contributed by atoms with Crippen LogP contribution in [0.1, 0.15) is 28.8 Å². The summed E-state index contributed by atoms with van der Waals surface area (Å²) in [4.78, 5) is 16.1. The first-order valence-electron chi connectivity index (χ1n) is 6.69. The number of nitrogens with zero attached hydrogens (tertiary/aromatic N) is 2. The van der Waals surface area contributed by atoms with Gasteiger partial charge >= 0.3 is 5.97 Å². The van der Waals surface area contributed by atoms with Gasteiger partial charge in [0.25, 0.3) is 0 Å². The third kappa shape index (κ3) is 2.90. The van der Waals surface area contributed by atoms with Gasteiger partial charge in [-0.15, -0.1) is 0 Å². The van der Waals surface area contributed by atoms with Crippen LogP contribution in [-0.4, -0.2) is 29.2 Å². The molecule has 112 valence electrons. The number of carbonyl (C=O) groups excluding carboxylic acids is 1. The van der Waals surface area contributed by atoms with E-state index < -0.39 is 5.97 Å². The summed E-state index contributed by atoms with van der Waals surface area (Å²) in [6, 6.07) is 7.68. The van der Waals surface area contributed by atoms with Crippen molar-refractivity contribution in [3.05, 3.63) is 41.3 Å². The number of ether oxygens (including phenoxy) is 2. The van der Waals surface area contributed by atoms with E-state index in [1.54, 1.807) is 25.5 Å². The molecule has 2 N–H and O–H groups in total. The fraction of sp³-hybridized carbons (Fsp3) is 0.333. The first-order valence-corrected chi connectivity index (χ1v) is 6.69. The molecule has 6 nitrogen and oxygen atoms in total. The van der Waals surface area contributed by atoms with Crippen molar-refractivity contribution in [2.24, 2.45) is 0 Å². The number of esters is 1. The van der Waals surface area contributed by atoms with E-state index in [4.69, 9.17) is 15.2 Å². The van der Waals surface area contributed by atoms with Crippen molar-refractivity contribution < 1.29 is 14.3 Å². The number of imidazole rings is 1. The van der Waals surface area contributed by atoms with Gasteiger partial charge in [0, 0.05) is 12.7 Å². The third-order valence-corrected chi connectivity index (χ3v) is 3.08. The molecule has 0 aliphatic carbocycles. The van der Waals surface area contributed by atoms with Gasteiger partial charge in [-0.25, -0.2) is 9.78 Å².